The van der Waals surface area contributed by atoms with Gasteiger partial charge in [-0.25, -0.2) is 9.97 Å². The van der Waals surface area contributed by atoms with Crippen molar-refractivity contribution in [3.63, 3.8) is 0 Å². The van der Waals surface area contributed by atoms with Crippen LogP contribution in [0.15, 0.2) is 61.1 Å². The van der Waals surface area contributed by atoms with Gasteiger partial charge in [-0.15, -0.1) is 0 Å². The largest absolute Gasteiger partial charge is 0.371 e. The third-order valence-electron chi connectivity index (χ3n) is 3.23. The maximum Gasteiger partial charge on any atom is 0.278 e. The number of para-hydroxylation sites is 1. The Labute approximate surface area is 133 Å². The Balaban J connectivity index is 1.95. The third kappa shape index (κ3) is 3.32. The van der Waals surface area contributed by atoms with E-state index in [1.807, 2.05) is 42.5 Å². The molecule has 0 bridgehead atoms. The third-order valence-corrected chi connectivity index (χ3v) is 3.23. The Hall–Kier alpha value is -3.28. The highest BCUT2D eigenvalue weighted by Gasteiger charge is 2.16. The van der Waals surface area contributed by atoms with Crippen molar-refractivity contribution in [2.45, 2.75) is 0 Å². The highest BCUT2D eigenvalue weighted by atomic mass is 16.1. The van der Waals surface area contributed by atoms with Gasteiger partial charge in [-0.3, -0.25) is 9.78 Å². The molecular weight excluding hydrogens is 290 g/mol. The van der Waals surface area contributed by atoms with Gasteiger partial charge in [-0.05, 0) is 24.3 Å². The number of aromatic nitrogens is 3. The van der Waals surface area contributed by atoms with Gasteiger partial charge in [0, 0.05) is 30.7 Å². The molecule has 6 heteroatoms. The summed E-state index contributed by atoms with van der Waals surface area (Å²) >= 11 is 0. The van der Waals surface area contributed by atoms with Crippen LogP contribution in [-0.2, 0) is 0 Å². The fourth-order valence-electron chi connectivity index (χ4n) is 2.10. The molecule has 114 valence electrons. The fraction of sp³-hybridized carbons (Fsp3) is 0.0588. The normalized spacial score (nSPS) is 10.1. The minimum atomic E-state index is -0.316. The van der Waals surface area contributed by atoms with Gasteiger partial charge >= 0.3 is 0 Å². The first kappa shape index (κ1) is 14.6. The number of rotatable bonds is 4. The number of hydrogen-bond acceptors (Lipinski definition) is 5. The summed E-state index contributed by atoms with van der Waals surface area (Å²) in [5.74, 6) is 0.111. The SMILES string of the molecule is CNc1ncc(-c2ccncc2)nc1C(=O)Nc1ccccc1. The van der Waals surface area contributed by atoms with E-state index in [2.05, 4.69) is 25.6 Å². The molecule has 2 heterocycles. The molecule has 0 spiro atoms. The Morgan fingerprint density at radius 2 is 1.78 bits per heavy atom. The van der Waals surface area contributed by atoms with Gasteiger partial charge in [-0.2, -0.15) is 0 Å². The number of carbonyl (C=O) groups excluding carboxylic acids is 1. The molecule has 2 aromatic heterocycles. The zero-order valence-electron chi connectivity index (χ0n) is 12.5. The molecule has 0 unspecified atom stereocenters. The Bertz CT molecular complexity index is 806. The van der Waals surface area contributed by atoms with Crippen LogP contribution in [0.2, 0.25) is 0 Å². The van der Waals surface area contributed by atoms with Crippen LogP contribution in [-0.4, -0.2) is 27.9 Å². The first-order valence-corrected chi connectivity index (χ1v) is 7.09. The number of anilines is 2. The van der Waals surface area contributed by atoms with E-state index in [1.54, 1.807) is 25.6 Å². The van der Waals surface area contributed by atoms with E-state index in [-0.39, 0.29) is 11.6 Å². The van der Waals surface area contributed by atoms with Crippen molar-refractivity contribution >= 4 is 17.4 Å². The molecule has 0 radical (unpaired) electrons. The number of carbonyl (C=O) groups is 1. The van der Waals surface area contributed by atoms with Crippen LogP contribution >= 0.6 is 0 Å². The van der Waals surface area contributed by atoms with E-state index >= 15 is 0 Å². The fourth-order valence-corrected chi connectivity index (χ4v) is 2.10. The molecule has 0 saturated heterocycles. The van der Waals surface area contributed by atoms with Crippen molar-refractivity contribution in [3.8, 4) is 11.3 Å². The lowest BCUT2D eigenvalue weighted by Crippen LogP contribution is -2.17. The van der Waals surface area contributed by atoms with E-state index in [4.69, 9.17) is 0 Å². The summed E-state index contributed by atoms with van der Waals surface area (Å²) in [6, 6.07) is 12.9. The highest BCUT2D eigenvalue weighted by molar-refractivity contribution is 6.06. The molecule has 0 aliphatic rings. The van der Waals surface area contributed by atoms with Crippen LogP contribution in [0.1, 0.15) is 10.5 Å². The van der Waals surface area contributed by atoms with E-state index in [9.17, 15) is 4.79 Å². The zero-order chi connectivity index (χ0) is 16.1. The summed E-state index contributed by atoms with van der Waals surface area (Å²) < 4.78 is 0. The van der Waals surface area contributed by atoms with Crippen LogP contribution in [0.25, 0.3) is 11.3 Å². The Kier molecular flexibility index (Phi) is 4.24. The van der Waals surface area contributed by atoms with Crippen molar-refractivity contribution < 1.29 is 4.79 Å². The highest BCUT2D eigenvalue weighted by Crippen LogP contribution is 2.19. The van der Waals surface area contributed by atoms with Crippen molar-refractivity contribution in [2.24, 2.45) is 0 Å². The summed E-state index contributed by atoms with van der Waals surface area (Å²) in [7, 11) is 1.70. The molecule has 3 aromatic rings. The first-order valence-electron chi connectivity index (χ1n) is 7.09. The van der Waals surface area contributed by atoms with Gasteiger partial charge in [-0.1, -0.05) is 18.2 Å². The Morgan fingerprint density at radius 1 is 1.04 bits per heavy atom. The van der Waals surface area contributed by atoms with Crippen LogP contribution < -0.4 is 10.6 Å². The minimum Gasteiger partial charge on any atom is -0.371 e. The van der Waals surface area contributed by atoms with E-state index in [1.165, 1.54) is 0 Å². The number of hydrogen-bond donors (Lipinski definition) is 2. The number of pyridine rings is 1. The lowest BCUT2D eigenvalue weighted by Gasteiger charge is -2.10. The van der Waals surface area contributed by atoms with Crippen molar-refractivity contribution in [2.75, 3.05) is 17.7 Å². The maximum absolute atomic E-state index is 12.5. The zero-order valence-corrected chi connectivity index (χ0v) is 12.5. The standard InChI is InChI=1S/C17H15N5O/c1-18-16-15(17(23)21-13-5-3-2-4-6-13)22-14(11-20-16)12-7-9-19-10-8-12/h2-11H,1H3,(H,18,20)(H,21,23). The second-order valence-electron chi connectivity index (χ2n) is 4.76. The molecule has 0 aliphatic carbocycles. The molecule has 0 aliphatic heterocycles. The maximum atomic E-state index is 12.5. The molecule has 1 amide bonds. The van der Waals surface area contributed by atoms with Crippen LogP contribution in [0.5, 0.6) is 0 Å². The van der Waals surface area contributed by atoms with E-state index in [0.29, 0.717) is 17.2 Å². The molecule has 0 fully saturated rings. The van der Waals surface area contributed by atoms with Gasteiger partial charge < -0.3 is 10.6 Å². The predicted octanol–water partition coefficient (Wildman–Crippen LogP) is 2.83. The van der Waals surface area contributed by atoms with Crippen LogP contribution in [0.3, 0.4) is 0 Å². The molecule has 0 atom stereocenters. The predicted molar refractivity (Wildman–Crippen MR) is 89.2 cm³/mol. The second kappa shape index (κ2) is 6.65. The van der Waals surface area contributed by atoms with Crippen molar-refractivity contribution in [1.82, 2.24) is 15.0 Å². The van der Waals surface area contributed by atoms with Gasteiger partial charge in [0.1, 0.15) is 0 Å². The average molecular weight is 305 g/mol. The molecule has 23 heavy (non-hydrogen) atoms. The van der Waals surface area contributed by atoms with E-state index < -0.39 is 0 Å². The summed E-state index contributed by atoms with van der Waals surface area (Å²) in [5.41, 5.74) is 2.41. The number of nitrogens with zero attached hydrogens (tertiary/aromatic N) is 3. The molecule has 3 rings (SSSR count). The first-order chi connectivity index (χ1) is 11.3. The van der Waals surface area contributed by atoms with Gasteiger partial charge in [0.15, 0.2) is 11.5 Å². The monoisotopic (exact) mass is 305 g/mol. The number of benzene rings is 1. The summed E-state index contributed by atoms with van der Waals surface area (Å²) in [6.07, 6.45) is 4.97. The second-order valence-corrected chi connectivity index (χ2v) is 4.76. The lowest BCUT2D eigenvalue weighted by atomic mass is 10.2. The van der Waals surface area contributed by atoms with Crippen molar-refractivity contribution in [1.29, 1.82) is 0 Å². The summed E-state index contributed by atoms with van der Waals surface area (Å²) in [5, 5.41) is 5.71. The van der Waals surface area contributed by atoms with Gasteiger partial charge in [0.25, 0.3) is 5.91 Å². The van der Waals surface area contributed by atoms with Crippen LogP contribution in [0.4, 0.5) is 11.5 Å². The quantitative estimate of drug-likeness (QED) is 0.775. The summed E-state index contributed by atoms with van der Waals surface area (Å²) in [6.45, 7) is 0. The number of amides is 1. The number of nitrogens with one attached hydrogen (secondary N) is 2. The molecule has 6 nitrogen and oxygen atoms in total. The van der Waals surface area contributed by atoms with Gasteiger partial charge in [0.05, 0.1) is 11.9 Å². The average Bonchev–Trinajstić information content (AvgIpc) is 2.62. The lowest BCUT2D eigenvalue weighted by molar-refractivity contribution is 0.102. The van der Waals surface area contributed by atoms with E-state index in [0.717, 1.165) is 5.56 Å². The topological polar surface area (TPSA) is 79.8 Å². The summed E-state index contributed by atoms with van der Waals surface area (Å²) in [4.78, 5) is 25.2. The molecule has 0 saturated carbocycles. The smallest absolute Gasteiger partial charge is 0.278 e. The minimum absolute atomic E-state index is 0.241. The van der Waals surface area contributed by atoms with Crippen molar-refractivity contribution in [3.05, 3.63) is 66.7 Å². The van der Waals surface area contributed by atoms with Gasteiger partial charge in [0.2, 0.25) is 0 Å². The molecular formula is C17H15N5O. The van der Waals surface area contributed by atoms with Crippen LogP contribution in [0, 0.1) is 0 Å². The Morgan fingerprint density at radius 3 is 2.48 bits per heavy atom. The molecule has 2 N–H and O–H groups in total. The molecule has 1 aromatic carbocycles.